The van der Waals surface area contributed by atoms with E-state index in [1.54, 1.807) is 13.3 Å². The van der Waals surface area contributed by atoms with Crippen LogP contribution in [0.1, 0.15) is 12.8 Å². The fourth-order valence-electron chi connectivity index (χ4n) is 1.01. The highest BCUT2D eigenvalue weighted by molar-refractivity contribution is 9.10. The van der Waals surface area contributed by atoms with Gasteiger partial charge in [-0.05, 0) is 40.9 Å². The lowest BCUT2D eigenvalue weighted by Crippen LogP contribution is -2.00. The lowest BCUT2D eigenvalue weighted by Gasteiger charge is -2.06. The summed E-state index contributed by atoms with van der Waals surface area (Å²) in [5, 5.41) is 0. The summed E-state index contributed by atoms with van der Waals surface area (Å²) in [7, 11) is 1.71. The molecule has 78 valence electrons. The average molecular weight is 260 g/mol. The maximum atomic E-state index is 5.52. The Morgan fingerprint density at radius 3 is 2.86 bits per heavy atom. The number of nitrogens with zero attached hydrogens (tertiary/aromatic N) is 1. The minimum Gasteiger partial charge on any atom is -0.491 e. The van der Waals surface area contributed by atoms with Crippen molar-refractivity contribution in [2.75, 3.05) is 20.3 Å². The third kappa shape index (κ3) is 4.07. The minimum absolute atomic E-state index is 0.702. The number of ether oxygens (including phenoxy) is 2. The smallest absolute Gasteiger partial charge is 0.152 e. The Bertz CT molecular complexity index is 268. The first-order valence-corrected chi connectivity index (χ1v) is 5.36. The molecule has 0 amide bonds. The molecule has 0 unspecified atom stereocenters. The molecule has 0 radical (unpaired) electrons. The van der Waals surface area contributed by atoms with Crippen LogP contribution in [-0.4, -0.2) is 25.3 Å². The standard InChI is InChI=1S/C10H14BrNO2/c1-13-7-2-3-8-14-9-5-4-6-12-10(9)11/h4-6H,2-3,7-8H2,1H3. The monoisotopic (exact) mass is 259 g/mol. The van der Waals surface area contributed by atoms with Gasteiger partial charge in [-0.1, -0.05) is 0 Å². The SMILES string of the molecule is COCCCCOc1cccnc1Br. The molecule has 0 bridgehead atoms. The Morgan fingerprint density at radius 1 is 1.36 bits per heavy atom. The Labute approximate surface area is 92.6 Å². The first kappa shape index (κ1) is 11.5. The van der Waals surface area contributed by atoms with Gasteiger partial charge in [-0.25, -0.2) is 4.98 Å². The van der Waals surface area contributed by atoms with E-state index in [-0.39, 0.29) is 0 Å². The van der Waals surface area contributed by atoms with Crippen molar-refractivity contribution in [3.63, 3.8) is 0 Å². The van der Waals surface area contributed by atoms with E-state index in [2.05, 4.69) is 20.9 Å². The molecule has 4 heteroatoms. The zero-order valence-electron chi connectivity index (χ0n) is 8.20. The number of hydrogen-bond acceptors (Lipinski definition) is 3. The summed E-state index contributed by atoms with van der Waals surface area (Å²) in [5.41, 5.74) is 0. The van der Waals surface area contributed by atoms with Crippen LogP contribution in [0.3, 0.4) is 0 Å². The lowest BCUT2D eigenvalue weighted by atomic mass is 10.3. The first-order valence-electron chi connectivity index (χ1n) is 4.57. The van der Waals surface area contributed by atoms with E-state index in [0.717, 1.165) is 29.8 Å². The molecule has 0 saturated heterocycles. The molecule has 0 fully saturated rings. The van der Waals surface area contributed by atoms with E-state index < -0.39 is 0 Å². The maximum Gasteiger partial charge on any atom is 0.152 e. The van der Waals surface area contributed by atoms with Crippen molar-refractivity contribution in [1.82, 2.24) is 4.98 Å². The van der Waals surface area contributed by atoms with Crippen LogP contribution in [0.2, 0.25) is 0 Å². The topological polar surface area (TPSA) is 31.4 Å². The lowest BCUT2D eigenvalue weighted by molar-refractivity contribution is 0.184. The molecule has 0 aliphatic rings. The van der Waals surface area contributed by atoms with Crippen molar-refractivity contribution >= 4 is 15.9 Å². The van der Waals surface area contributed by atoms with Crippen LogP contribution in [0.5, 0.6) is 5.75 Å². The Kier molecular flexibility index (Phi) is 5.56. The van der Waals surface area contributed by atoms with Gasteiger partial charge in [0.2, 0.25) is 0 Å². The highest BCUT2D eigenvalue weighted by Crippen LogP contribution is 2.20. The summed E-state index contributed by atoms with van der Waals surface area (Å²) in [6, 6.07) is 3.75. The zero-order chi connectivity index (χ0) is 10.2. The number of hydrogen-bond donors (Lipinski definition) is 0. The second kappa shape index (κ2) is 6.79. The fourth-order valence-corrected chi connectivity index (χ4v) is 1.37. The molecule has 1 rings (SSSR count). The number of methoxy groups -OCH3 is 1. The molecule has 0 aliphatic carbocycles. The van der Waals surface area contributed by atoms with E-state index in [4.69, 9.17) is 9.47 Å². The second-order valence-electron chi connectivity index (χ2n) is 2.84. The van der Waals surface area contributed by atoms with Gasteiger partial charge >= 0.3 is 0 Å². The van der Waals surface area contributed by atoms with Crippen molar-refractivity contribution in [2.24, 2.45) is 0 Å². The molecule has 0 aromatic carbocycles. The molecule has 1 aromatic heterocycles. The largest absolute Gasteiger partial charge is 0.491 e. The molecule has 1 aromatic rings. The fraction of sp³-hybridized carbons (Fsp3) is 0.500. The predicted molar refractivity (Wildman–Crippen MR) is 58.5 cm³/mol. The molecule has 0 atom stereocenters. The van der Waals surface area contributed by atoms with Crippen molar-refractivity contribution < 1.29 is 9.47 Å². The van der Waals surface area contributed by atoms with Crippen LogP contribution in [0.15, 0.2) is 22.9 Å². The van der Waals surface area contributed by atoms with Crippen LogP contribution >= 0.6 is 15.9 Å². The summed E-state index contributed by atoms with van der Waals surface area (Å²) in [4.78, 5) is 4.06. The second-order valence-corrected chi connectivity index (χ2v) is 3.59. The predicted octanol–water partition coefficient (Wildman–Crippen LogP) is 2.65. The Morgan fingerprint density at radius 2 is 2.14 bits per heavy atom. The number of unbranched alkanes of at least 4 members (excludes halogenated alkanes) is 1. The van der Waals surface area contributed by atoms with Gasteiger partial charge in [0, 0.05) is 19.9 Å². The number of aromatic nitrogens is 1. The van der Waals surface area contributed by atoms with Crippen molar-refractivity contribution in [3.05, 3.63) is 22.9 Å². The molecular weight excluding hydrogens is 246 g/mol. The Balaban J connectivity index is 2.21. The molecule has 0 saturated carbocycles. The van der Waals surface area contributed by atoms with Crippen molar-refractivity contribution in [2.45, 2.75) is 12.8 Å². The van der Waals surface area contributed by atoms with Crippen molar-refractivity contribution in [1.29, 1.82) is 0 Å². The van der Waals surface area contributed by atoms with Crippen LogP contribution in [0.4, 0.5) is 0 Å². The van der Waals surface area contributed by atoms with E-state index in [9.17, 15) is 0 Å². The normalized spacial score (nSPS) is 10.1. The highest BCUT2D eigenvalue weighted by Gasteiger charge is 1.99. The van der Waals surface area contributed by atoms with E-state index >= 15 is 0 Å². The molecule has 0 aliphatic heterocycles. The van der Waals surface area contributed by atoms with Gasteiger partial charge in [-0.3, -0.25) is 0 Å². The average Bonchev–Trinajstić information content (AvgIpc) is 2.20. The number of rotatable bonds is 6. The summed E-state index contributed by atoms with van der Waals surface area (Å²) in [6.07, 6.45) is 3.74. The van der Waals surface area contributed by atoms with Gasteiger partial charge in [0.15, 0.2) is 5.75 Å². The summed E-state index contributed by atoms with van der Waals surface area (Å²) >= 11 is 3.32. The van der Waals surface area contributed by atoms with E-state index in [1.165, 1.54) is 0 Å². The zero-order valence-corrected chi connectivity index (χ0v) is 9.79. The first-order chi connectivity index (χ1) is 6.84. The van der Waals surface area contributed by atoms with Gasteiger partial charge in [-0.15, -0.1) is 0 Å². The molecular formula is C10H14BrNO2. The van der Waals surface area contributed by atoms with Crippen LogP contribution < -0.4 is 4.74 Å². The van der Waals surface area contributed by atoms with Gasteiger partial charge in [0.25, 0.3) is 0 Å². The van der Waals surface area contributed by atoms with Crippen LogP contribution in [0, 0.1) is 0 Å². The van der Waals surface area contributed by atoms with Gasteiger partial charge < -0.3 is 9.47 Å². The number of halogens is 1. The third-order valence-electron chi connectivity index (χ3n) is 1.73. The molecule has 1 heterocycles. The van der Waals surface area contributed by atoms with E-state index in [1.807, 2.05) is 12.1 Å². The molecule has 0 N–H and O–H groups in total. The van der Waals surface area contributed by atoms with Crippen LogP contribution in [-0.2, 0) is 4.74 Å². The van der Waals surface area contributed by atoms with Gasteiger partial charge in [0.05, 0.1) is 6.61 Å². The highest BCUT2D eigenvalue weighted by atomic mass is 79.9. The number of pyridine rings is 1. The van der Waals surface area contributed by atoms with Gasteiger partial charge in [-0.2, -0.15) is 0 Å². The molecule has 0 spiro atoms. The van der Waals surface area contributed by atoms with Crippen LogP contribution in [0.25, 0.3) is 0 Å². The minimum atomic E-state index is 0.702. The summed E-state index contributed by atoms with van der Waals surface area (Å²) < 4.78 is 11.2. The summed E-state index contributed by atoms with van der Waals surface area (Å²) in [5.74, 6) is 0.796. The Hall–Kier alpha value is -0.610. The third-order valence-corrected chi connectivity index (χ3v) is 2.32. The van der Waals surface area contributed by atoms with Crippen molar-refractivity contribution in [3.8, 4) is 5.75 Å². The summed E-state index contributed by atoms with van der Waals surface area (Å²) in [6.45, 7) is 1.49. The quantitative estimate of drug-likeness (QED) is 0.582. The molecule has 14 heavy (non-hydrogen) atoms. The maximum absolute atomic E-state index is 5.52. The molecule has 3 nitrogen and oxygen atoms in total. The van der Waals surface area contributed by atoms with Gasteiger partial charge in [0.1, 0.15) is 4.60 Å². The van der Waals surface area contributed by atoms with E-state index in [0.29, 0.717) is 6.61 Å².